The van der Waals surface area contributed by atoms with Gasteiger partial charge in [0.2, 0.25) is 0 Å². The Balaban J connectivity index is 2.56. The molecule has 0 N–H and O–H groups in total. The van der Waals surface area contributed by atoms with Crippen molar-refractivity contribution in [1.82, 2.24) is 0 Å². The van der Waals surface area contributed by atoms with Crippen LogP contribution in [-0.2, 0) is 14.3 Å². The number of carbonyl (C=O) groups is 2. The molecule has 0 bridgehead atoms. The maximum absolute atomic E-state index is 11.2. The van der Waals surface area contributed by atoms with Crippen molar-refractivity contribution in [2.24, 2.45) is 5.92 Å². The summed E-state index contributed by atoms with van der Waals surface area (Å²) in [5.74, 6) is -0.807. The van der Waals surface area contributed by atoms with Crippen LogP contribution in [0.2, 0.25) is 0 Å². The van der Waals surface area contributed by atoms with Crippen LogP contribution in [-0.4, -0.2) is 17.9 Å². The number of rotatable bonds is 2. The minimum Gasteiger partial charge on any atom is -0.462 e. The lowest BCUT2D eigenvalue weighted by Crippen LogP contribution is -2.34. The van der Waals surface area contributed by atoms with Crippen LogP contribution < -0.4 is 0 Å². The first-order valence-corrected chi connectivity index (χ1v) is 4.38. The molecule has 2 atom stereocenters. The molecule has 0 aromatic carbocycles. The highest BCUT2D eigenvalue weighted by Crippen LogP contribution is 2.21. The maximum Gasteiger partial charge on any atom is 0.316 e. The SMILES string of the molecule is CCC(=O)C1CCC(C)OC1=O. The van der Waals surface area contributed by atoms with Crippen molar-refractivity contribution in [2.45, 2.75) is 39.2 Å². The summed E-state index contributed by atoms with van der Waals surface area (Å²) in [6.07, 6.45) is 1.88. The normalized spacial score (nSPS) is 29.7. The topological polar surface area (TPSA) is 43.4 Å². The van der Waals surface area contributed by atoms with Crippen LogP contribution in [0.1, 0.15) is 33.1 Å². The first-order chi connectivity index (χ1) is 5.65. The highest BCUT2D eigenvalue weighted by Gasteiger charge is 2.32. The average Bonchev–Trinajstić information content (AvgIpc) is 2.03. The van der Waals surface area contributed by atoms with E-state index in [0.29, 0.717) is 12.8 Å². The molecule has 1 saturated heterocycles. The van der Waals surface area contributed by atoms with E-state index >= 15 is 0 Å². The molecule has 0 radical (unpaired) electrons. The molecule has 0 spiro atoms. The van der Waals surface area contributed by atoms with Gasteiger partial charge in [0.05, 0.1) is 6.10 Å². The Kier molecular flexibility index (Phi) is 2.84. The average molecular weight is 170 g/mol. The van der Waals surface area contributed by atoms with Crippen LogP contribution in [0.3, 0.4) is 0 Å². The highest BCUT2D eigenvalue weighted by atomic mass is 16.5. The molecule has 3 nitrogen and oxygen atoms in total. The second kappa shape index (κ2) is 3.70. The number of ether oxygens (including phenoxy) is 1. The van der Waals surface area contributed by atoms with Crippen molar-refractivity contribution >= 4 is 11.8 Å². The van der Waals surface area contributed by atoms with Crippen LogP contribution in [0.25, 0.3) is 0 Å². The summed E-state index contributed by atoms with van der Waals surface area (Å²) in [6, 6.07) is 0. The molecule has 0 aliphatic carbocycles. The number of hydrogen-bond acceptors (Lipinski definition) is 3. The van der Waals surface area contributed by atoms with Gasteiger partial charge in [0, 0.05) is 6.42 Å². The Morgan fingerprint density at radius 1 is 1.58 bits per heavy atom. The lowest BCUT2D eigenvalue weighted by Gasteiger charge is -2.24. The highest BCUT2D eigenvalue weighted by molar-refractivity contribution is 5.99. The van der Waals surface area contributed by atoms with Gasteiger partial charge in [-0.2, -0.15) is 0 Å². The minimum atomic E-state index is -0.480. The van der Waals surface area contributed by atoms with Crippen LogP contribution in [0.5, 0.6) is 0 Å². The van der Waals surface area contributed by atoms with Crippen molar-refractivity contribution in [2.75, 3.05) is 0 Å². The number of esters is 1. The standard InChI is InChI=1S/C9H14O3/c1-3-8(10)7-5-4-6(2)12-9(7)11/h6-7H,3-5H2,1-2H3. The zero-order valence-electron chi connectivity index (χ0n) is 7.50. The number of cyclic esters (lactones) is 1. The van der Waals surface area contributed by atoms with Crippen LogP contribution in [0, 0.1) is 5.92 Å². The fraction of sp³-hybridized carbons (Fsp3) is 0.778. The van der Waals surface area contributed by atoms with E-state index in [0.717, 1.165) is 6.42 Å². The largest absolute Gasteiger partial charge is 0.462 e. The molecule has 1 aliphatic heterocycles. The number of carbonyl (C=O) groups excluding carboxylic acids is 2. The Morgan fingerprint density at radius 3 is 2.75 bits per heavy atom. The van der Waals surface area contributed by atoms with Gasteiger partial charge < -0.3 is 4.74 Å². The molecule has 1 aliphatic rings. The van der Waals surface area contributed by atoms with Gasteiger partial charge >= 0.3 is 5.97 Å². The van der Waals surface area contributed by atoms with Crippen molar-refractivity contribution in [3.8, 4) is 0 Å². The molecular weight excluding hydrogens is 156 g/mol. The van der Waals surface area contributed by atoms with Gasteiger partial charge in [-0.05, 0) is 19.8 Å². The fourth-order valence-electron chi connectivity index (χ4n) is 1.40. The summed E-state index contributed by atoms with van der Waals surface area (Å²) >= 11 is 0. The Labute approximate surface area is 72.1 Å². The van der Waals surface area contributed by atoms with Crippen LogP contribution in [0.15, 0.2) is 0 Å². The van der Waals surface area contributed by atoms with E-state index in [1.54, 1.807) is 6.92 Å². The van der Waals surface area contributed by atoms with E-state index in [2.05, 4.69) is 0 Å². The third kappa shape index (κ3) is 1.84. The van der Waals surface area contributed by atoms with Gasteiger partial charge in [0.25, 0.3) is 0 Å². The smallest absolute Gasteiger partial charge is 0.316 e. The molecule has 0 aromatic rings. The third-order valence-corrected chi connectivity index (χ3v) is 2.20. The molecule has 1 fully saturated rings. The number of Topliss-reactive ketones (excluding diaryl/α,β-unsaturated/α-hetero) is 1. The van der Waals surface area contributed by atoms with Gasteiger partial charge in [-0.3, -0.25) is 9.59 Å². The zero-order chi connectivity index (χ0) is 9.14. The Morgan fingerprint density at radius 2 is 2.25 bits per heavy atom. The molecule has 12 heavy (non-hydrogen) atoms. The van der Waals surface area contributed by atoms with Gasteiger partial charge in [0.15, 0.2) is 0 Å². The van der Waals surface area contributed by atoms with E-state index in [-0.39, 0.29) is 17.9 Å². The van der Waals surface area contributed by atoms with E-state index in [1.165, 1.54) is 0 Å². The second-order valence-corrected chi connectivity index (χ2v) is 3.20. The number of hydrogen-bond donors (Lipinski definition) is 0. The minimum absolute atomic E-state index is 0.00639. The van der Waals surface area contributed by atoms with Crippen LogP contribution >= 0.6 is 0 Å². The summed E-state index contributed by atoms with van der Waals surface area (Å²) in [5, 5.41) is 0. The Bertz CT molecular complexity index is 198. The summed E-state index contributed by atoms with van der Waals surface area (Å²) in [6.45, 7) is 3.62. The Hall–Kier alpha value is -0.860. The lowest BCUT2D eigenvalue weighted by molar-refractivity contribution is -0.161. The zero-order valence-corrected chi connectivity index (χ0v) is 7.50. The van der Waals surface area contributed by atoms with Crippen LogP contribution in [0.4, 0.5) is 0 Å². The fourth-order valence-corrected chi connectivity index (χ4v) is 1.40. The molecule has 1 rings (SSSR count). The number of ketones is 1. The second-order valence-electron chi connectivity index (χ2n) is 3.20. The van der Waals surface area contributed by atoms with E-state index in [9.17, 15) is 9.59 Å². The van der Waals surface area contributed by atoms with Crippen molar-refractivity contribution < 1.29 is 14.3 Å². The molecule has 1 heterocycles. The molecule has 0 amide bonds. The predicted octanol–water partition coefficient (Wildman–Crippen LogP) is 1.31. The molecule has 0 aromatic heterocycles. The summed E-state index contributed by atoms with van der Waals surface area (Å²) in [5.41, 5.74) is 0. The van der Waals surface area contributed by atoms with Gasteiger partial charge in [-0.1, -0.05) is 6.92 Å². The third-order valence-electron chi connectivity index (χ3n) is 2.20. The summed E-state index contributed by atoms with van der Waals surface area (Å²) in [7, 11) is 0. The molecular formula is C9H14O3. The van der Waals surface area contributed by atoms with Crippen molar-refractivity contribution in [3.05, 3.63) is 0 Å². The first-order valence-electron chi connectivity index (χ1n) is 4.38. The maximum atomic E-state index is 11.2. The van der Waals surface area contributed by atoms with Gasteiger partial charge in [0.1, 0.15) is 11.7 Å². The summed E-state index contributed by atoms with van der Waals surface area (Å²) in [4.78, 5) is 22.3. The monoisotopic (exact) mass is 170 g/mol. The first kappa shape index (κ1) is 9.23. The van der Waals surface area contributed by atoms with Gasteiger partial charge in [-0.15, -0.1) is 0 Å². The van der Waals surface area contributed by atoms with Gasteiger partial charge in [-0.25, -0.2) is 0 Å². The quantitative estimate of drug-likeness (QED) is 0.463. The van der Waals surface area contributed by atoms with E-state index < -0.39 is 5.92 Å². The summed E-state index contributed by atoms with van der Waals surface area (Å²) < 4.78 is 4.96. The van der Waals surface area contributed by atoms with E-state index in [4.69, 9.17) is 4.74 Å². The van der Waals surface area contributed by atoms with Crippen molar-refractivity contribution in [3.63, 3.8) is 0 Å². The van der Waals surface area contributed by atoms with Crippen molar-refractivity contribution in [1.29, 1.82) is 0 Å². The lowest BCUT2D eigenvalue weighted by atomic mass is 9.93. The molecule has 2 unspecified atom stereocenters. The molecule has 68 valence electrons. The predicted molar refractivity (Wildman–Crippen MR) is 43.6 cm³/mol. The van der Waals surface area contributed by atoms with E-state index in [1.807, 2.05) is 6.92 Å². The molecule has 3 heteroatoms. The molecule has 0 saturated carbocycles.